The van der Waals surface area contributed by atoms with Crippen molar-refractivity contribution in [3.63, 3.8) is 0 Å². The van der Waals surface area contributed by atoms with Gasteiger partial charge in [-0.3, -0.25) is 4.98 Å². The number of hydrogen-bond donors (Lipinski definition) is 0. The van der Waals surface area contributed by atoms with Crippen LogP contribution in [0.15, 0.2) is 48.7 Å². The highest BCUT2D eigenvalue weighted by Crippen LogP contribution is 2.17. The Morgan fingerprint density at radius 2 is 1.94 bits per heavy atom. The van der Waals surface area contributed by atoms with Crippen LogP contribution in [0.25, 0.3) is 0 Å². The van der Waals surface area contributed by atoms with Crippen molar-refractivity contribution in [2.75, 3.05) is 5.88 Å². The Bertz CT molecular complexity index is 557. The lowest BCUT2D eigenvalue weighted by molar-refractivity contribution is 0.300. The van der Waals surface area contributed by atoms with Crippen LogP contribution in [-0.4, -0.2) is 10.9 Å². The summed E-state index contributed by atoms with van der Waals surface area (Å²) in [5.41, 5.74) is 1.73. The summed E-state index contributed by atoms with van der Waals surface area (Å²) in [7, 11) is 0. The van der Waals surface area contributed by atoms with Crippen LogP contribution in [-0.2, 0) is 6.61 Å². The first-order valence-corrected chi connectivity index (χ1v) is 6.10. The van der Waals surface area contributed by atoms with Gasteiger partial charge in [0, 0.05) is 6.20 Å². The number of ether oxygens (including phenoxy) is 1. The van der Waals surface area contributed by atoms with Crippen molar-refractivity contribution in [3.8, 4) is 17.6 Å². The van der Waals surface area contributed by atoms with Crippen LogP contribution >= 0.6 is 11.6 Å². The summed E-state index contributed by atoms with van der Waals surface area (Å²) in [6.45, 7) is 0.431. The quantitative estimate of drug-likeness (QED) is 0.622. The third-order valence-electron chi connectivity index (χ3n) is 2.28. The van der Waals surface area contributed by atoms with E-state index >= 15 is 0 Å². The third-order valence-corrected chi connectivity index (χ3v) is 2.41. The molecule has 1 heterocycles. The van der Waals surface area contributed by atoms with Crippen molar-refractivity contribution >= 4 is 11.6 Å². The molecule has 2 rings (SSSR count). The van der Waals surface area contributed by atoms with E-state index in [1.165, 1.54) is 0 Å². The minimum absolute atomic E-state index is 0.314. The molecule has 0 N–H and O–H groups in total. The molecule has 18 heavy (non-hydrogen) atoms. The summed E-state index contributed by atoms with van der Waals surface area (Å²) in [4.78, 5) is 4.20. The first kappa shape index (κ1) is 12.5. The fourth-order valence-corrected chi connectivity index (χ4v) is 1.53. The molecular weight excluding hydrogens is 246 g/mol. The third kappa shape index (κ3) is 3.51. The second-order valence-electron chi connectivity index (χ2n) is 3.54. The lowest BCUT2D eigenvalue weighted by Gasteiger charge is -2.07. The SMILES string of the molecule is ClCC#Cc1ccccc1OCc1ccccn1. The molecule has 0 saturated heterocycles. The van der Waals surface area contributed by atoms with Crippen LogP contribution in [0.1, 0.15) is 11.3 Å². The van der Waals surface area contributed by atoms with E-state index < -0.39 is 0 Å². The number of pyridine rings is 1. The molecule has 0 atom stereocenters. The minimum atomic E-state index is 0.314. The molecule has 0 saturated carbocycles. The number of aromatic nitrogens is 1. The van der Waals surface area contributed by atoms with E-state index in [1.54, 1.807) is 6.20 Å². The number of benzene rings is 1. The minimum Gasteiger partial charge on any atom is -0.486 e. The summed E-state index contributed by atoms with van der Waals surface area (Å²) in [5, 5.41) is 0. The van der Waals surface area contributed by atoms with Crippen molar-refractivity contribution < 1.29 is 4.74 Å². The fourth-order valence-electron chi connectivity index (χ4n) is 1.46. The molecule has 0 bridgehead atoms. The van der Waals surface area contributed by atoms with Crippen molar-refractivity contribution in [1.82, 2.24) is 4.98 Å². The molecule has 0 unspecified atom stereocenters. The van der Waals surface area contributed by atoms with E-state index in [9.17, 15) is 0 Å². The Balaban J connectivity index is 2.09. The van der Waals surface area contributed by atoms with Crippen LogP contribution in [0, 0.1) is 11.8 Å². The van der Waals surface area contributed by atoms with Crippen LogP contribution in [0.5, 0.6) is 5.75 Å². The van der Waals surface area contributed by atoms with E-state index in [1.807, 2.05) is 42.5 Å². The number of halogens is 1. The zero-order valence-electron chi connectivity index (χ0n) is 9.77. The normalized spacial score (nSPS) is 9.39. The summed E-state index contributed by atoms with van der Waals surface area (Å²) < 4.78 is 5.71. The summed E-state index contributed by atoms with van der Waals surface area (Å²) in [6.07, 6.45) is 1.75. The standard InChI is InChI=1S/C15H12ClNO/c16-10-5-7-13-6-1-2-9-15(13)18-12-14-8-3-4-11-17-14/h1-4,6,8-9,11H,10,12H2. The average molecular weight is 258 g/mol. The molecule has 1 aromatic carbocycles. The molecule has 0 aliphatic carbocycles. The lowest BCUT2D eigenvalue weighted by Crippen LogP contribution is -1.98. The van der Waals surface area contributed by atoms with Gasteiger partial charge in [-0.05, 0) is 24.3 Å². The highest BCUT2D eigenvalue weighted by Gasteiger charge is 2.00. The van der Waals surface area contributed by atoms with Crippen LogP contribution < -0.4 is 4.74 Å². The maximum atomic E-state index is 5.71. The molecule has 0 radical (unpaired) electrons. The molecular formula is C15H12ClNO. The van der Waals surface area contributed by atoms with Crippen LogP contribution in [0.4, 0.5) is 0 Å². The molecule has 0 amide bonds. The van der Waals surface area contributed by atoms with Gasteiger partial charge in [-0.15, -0.1) is 11.6 Å². The van der Waals surface area contributed by atoms with Crippen molar-refractivity contribution in [3.05, 3.63) is 59.9 Å². The Morgan fingerprint density at radius 1 is 1.11 bits per heavy atom. The van der Waals surface area contributed by atoms with Gasteiger partial charge in [0.15, 0.2) is 0 Å². The van der Waals surface area contributed by atoms with Gasteiger partial charge >= 0.3 is 0 Å². The molecule has 0 fully saturated rings. The largest absolute Gasteiger partial charge is 0.486 e. The van der Waals surface area contributed by atoms with Crippen LogP contribution in [0.2, 0.25) is 0 Å². The van der Waals surface area contributed by atoms with E-state index in [0.29, 0.717) is 12.5 Å². The van der Waals surface area contributed by atoms with Gasteiger partial charge in [0.2, 0.25) is 0 Å². The molecule has 0 aliphatic heterocycles. The monoisotopic (exact) mass is 257 g/mol. The number of alkyl halides is 1. The second kappa shape index (κ2) is 6.68. The van der Waals surface area contributed by atoms with Gasteiger partial charge < -0.3 is 4.74 Å². The maximum absolute atomic E-state index is 5.71. The van der Waals surface area contributed by atoms with Gasteiger partial charge in [-0.1, -0.05) is 30.0 Å². The van der Waals surface area contributed by atoms with E-state index in [4.69, 9.17) is 16.3 Å². The molecule has 90 valence electrons. The molecule has 2 aromatic rings. The van der Waals surface area contributed by atoms with Gasteiger partial charge in [-0.25, -0.2) is 0 Å². The first-order chi connectivity index (χ1) is 8.90. The summed E-state index contributed by atoms with van der Waals surface area (Å²) >= 11 is 5.55. The maximum Gasteiger partial charge on any atom is 0.135 e. The first-order valence-electron chi connectivity index (χ1n) is 5.56. The highest BCUT2D eigenvalue weighted by atomic mass is 35.5. The van der Waals surface area contributed by atoms with E-state index in [0.717, 1.165) is 17.0 Å². The topological polar surface area (TPSA) is 22.1 Å². The molecule has 0 spiro atoms. The Kier molecular flexibility index (Phi) is 4.63. The van der Waals surface area contributed by atoms with Gasteiger partial charge in [0.25, 0.3) is 0 Å². The van der Waals surface area contributed by atoms with Crippen molar-refractivity contribution in [2.45, 2.75) is 6.61 Å². The number of rotatable bonds is 3. The zero-order valence-corrected chi connectivity index (χ0v) is 10.5. The predicted octanol–water partition coefficient (Wildman–Crippen LogP) is 3.25. The smallest absolute Gasteiger partial charge is 0.135 e. The predicted molar refractivity (Wildman–Crippen MR) is 72.6 cm³/mol. The average Bonchev–Trinajstić information content (AvgIpc) is 2.45. The molecule has 1 aromatic heterocycles. The summed E-state index contributed by atoms with van der Waals surface area (Å²) in [6, 6.07) is 13.4. The molecule has 0 aliphatic rings. The molecule has 2 nitrogen and oxygen atoms in total. The van der Waals surface area contributed by atoms with Gasteiger partial charge in [0.1, 0.15) is 12.4 Å². The van der Waals surface area contributed by atoms with Crippen LogP contribution in [0.3, 0.4) is 0 Å². The van der Waals surface area contributed by atoms with E-state index in [2.05, 4.69) is 16.8 Å². The second-order valence-corrected chi connectivity index (χ2v) is 3.81. The Hall–Kier alpha value is -1.98. The summed E-state index contributed by atoms with van der Waals surface area (Å²) in [5.74, 6) is 6.86. The van der Waals surface area contributed by atoms with Crippen molar-refractivity contribution in [2.24, 2.45) is 0 Å². The highest BCUT2D eigenvalue weighted by molar-refractivity contribution is 6.19. The molecule has 3 heteroatoms. The van der Waals surface area contributed by atoms with E-state index in [-0.39, 0.29) is 0 Å². The van der Waals surface area contributed by atoms with Gasteiger partial charge in [-0.2, -0.15) is 0 Å². The van der Waals surface area contributed by atoms with Gasteiger partial charge in [0.05, 0.1) is 17.1 Å². The lowest BCUT2D eigenvalue weighted by atomic mass is 10.2. The fraction of sp³-hybridized carbons (Fsp3) is 0.133. The number of para-hydroxylation sites is 1. The Labute approximate surface area is 112 Å². The number of hydrogen-bond acceptors (Lipinski definition) is 2. The zero-order chi connectivity index (χ0) is 12.6. The number of nitrogens with zero attached hydrogens (tertiary/aromatic N) is 1. The Morgan fingerprint density at radius 3 is 2.72 bits per heavy atom. The van der Waals surface area contributed by atoms with Crippen molar-refractivity contribution in [1.29, 1.82) is 0 Å².